The van der Waals surface area contributed by atoms with E-state index in [4.69, 9.17) is 0 Å². The summed E-state index contributed by atoms with van der Waals surface area (Å²) in [6.45, 7) is 1.97. The molecule has 0 unspecified atom stereocenters. The molecule has 5 heteroatoms. The third-order valence-corrected chi connectivity index (χ3v) is 4.39. The van der Waals surface area contributed by atoms with Crippen molar-refractivity contribution >= 4 is 10.0 Å². The van der Waals surface area contributed by atoms with Crippen LogP contribution in [0.4, 0.5) is 0 Å². The molecule has 20 heavy (non-hydrogen) atoms. The van der Waals surface area contributed by atoms with E-state index in [0.717, 1.165) is 16.7 Å². The molecule has 0 aromatic heterocycles. The van der Waals surface area contributed by atoms with Gasteiger partial charge in [-0.3, -0.25) is 0 Å². The molecule has 1 N–H and O–H groups in total. The van der Waals surface area contributed by atoms with Crippen molar-refractivity contribution in [3.63, 3.8) is 0 Å². The van der Waals surface area contributed by atoms with Crippen molar-refractivity contribution in [1.82, 2.24) is 9.84 Å². The van der Waals surface area contributed by atoms with E-state index >= 15 is 0 Å². The smallest absolute Gasteiger partial charge is 0.237 e. The molecular formula is C15H18N2O2S. The van der Waals surface area contributed by atoms with E-state index in [0.29, 0.717) is 0 Å². The number of nitrogens with zero attached hydrogens (tertiary/aromatic N) is 1. The Morgan fingerprint density at radius 2 is 1.65 bits per heavy atom. The lowest BCUT2D eigenvalue weighted by molar-refractivity contribution is 0.364. The van der Waals surface area contributed by atoms with Crippen molar-refractivity contribution in [3.05, 3.63) is 54.1 Å². The number of aryl methyl sites for hydroxylation is 1. The van der Waals surface area contributed by atoms with Crippen molar-refractivity contribution in [1.29, 1.82) is 0 Å². The van der Waals surface area contributed by atoms with Crippen LogP contribution in [0.3, 0.4) is 0 Å². The highest BCUT2D eigenvalue weighted by atomic mass is 32.2. The van der Waals surface area contributed by atoms with Gasteiger partial charge in [0.05, 0.1) is 4.90 Å². The van der Waals surface area contributed by atoms with Crippen LogP contribution in [-0.2, 0) is 10.0 Å². The number of sulfonamides is 1. The van der Waals surface area contributed by atoms with Gasteiger partial charge in [-0.25, -0.2) is 13.4 Å². The van der Waals surface area contributed by atoms with Crippen LogP contribution in [0.15, 0.2) is 53.4 Å². The molecule has 0 spiro atoms. The Balaban J connectivity index is 2.50. The van der Waals surface area contributed by atoms with Gasteiger partial charge in [-0.05, 0) is 35.7 Å². The van der Waals surface area contributed by atoms with Crippen LogP contribution >= 0.6 is 0 Å². The molecule has 0 atom stereocenters. The van der Waals surface area contributed by atoms with E-state index in [2.05, 4.69) is 4.83 Å². The third-order valence-electron chi connectivity index (χ3n) is 2.91. The maximum atomic E-state index is 12.2. The van der Waals surface area contributed by atoms with Crippen LogP contribution < -0.4 is 4.83 Å². The fourth-order valence-corrected chi connectivity index (χ4v) is 3.10. The lowest BCUT2D eigenvalue weighted by atomic mass is 10.0. The highest BCUT2D eigenvalue weighted by molar-refractivity contribution is 7.89. The minimum absolute atomic E-state index is 0.260. The number of hydrazine groups is 1. The molecule has 2 rings (SSSR count). The van der Waals surface area contributed by atoms with Crippen LogP contribution in [-0.4, -0.2) is 27.5 Å². The second-order valence-corrected chi connectivity index (χ2v) is 6.49. The highest BCUT2D eigenvalue weighted by Gasteiger charge is 2.16. The summed E-state index contributed by atoms with van der Waals surface area (Å²) < 4.78 is 24.4. The molecule has 0 amide bonds. The average Bonchev–Trinajstić information content (AvgIpc) is 2.38. The summed E-state index contributed by atoms with van der Waals surface area (Å²) >= 11 is 0. The Hall–Kier alpha value is -1.69. The minimum Gasteiger partial charge on any atom is -0.237 e. The molecule has 0 aliphatic rings. The van der Waals surface area contributed by atoms with Crippen LogP contribution in [0.25, 0.3) is 11.1 Å². The molecule has 0 aliphatic carbocycles. The Bertz CT molecular complexity index is 695. The first-order valence-electron chi connectivity index (χ1n) is 6.26. The van der Waals surface area contributed by atoms with Gasteiger partial charge in [0, 0.05) is 14.1 Å². The Morgan fingerprint density at radius 1 is 1.00 bits per heavy atom. The summed E-state index contributed by atoms with van der Waals surface area (Å²) in [6, 6.07) is 14.9. The fraction of sp³-hybridized carbons (Fsp3) is 0.200. The third kappa shape index (κ3) is 3.25. The Labute approximate surface area is 120 Å². The number of hydrogen-bond donors (Lipinski definition) is 1. The van der Waals surface area contributed by atoms with E-state index in [9.17, 15) is 8.42 Å². The molecule has 0 saturated carbocycles. The van der Waals surface area contributed by atoms with E-state index in [1.807, 2.05) is 43.3 Å². The predicted molar refractivity (Wildman–Crippen MR) is 80.6 cm³/mol. The van der Waals surface area contributed by atoms with Crippen LogP contribution in [0.5, 0.6) is 0 Å². The lowest BCUT2D eigenvalue weighted by Crippen LogP contribution is -2.36. The molecular weight excluding hydrogens is 272 g/mol. The van der Waals surface area contributed by atoms with Gasteiger partial charge >= 0.3 is 0 Å². The van der Waals surface area contributed by atoms with Gasteiger partial charge in [0.15, 0.2) is 0 Å². The molecule has 0 saturated heterocycles. The largest absolute Gasteiger partial charge is 0.253 e. The maximum absolute atomic E-state index is 12.2. The Morgan fingerprint density at radius 3 is 2.25 bits per heavy atom. The molecule has 4 nitrogen and oxygen atoms in total. The number of nitrogens with one attached hydrogen (secondary N) is 1. The average molecular weight is 290 g/mol. The van der Waals surface area contributed by atoms with Gasteiger partial charge in [0.25, 0.3) is 10.0 Å². The first-order valence-corrected chi connectivity index (χ1v) is 7.74. The van der Waals surface area contributed by atoms with Gasteiger partial charge in [0.1, 0.15) is 0 Å². The molecule has 2 aromatic rings. The van der Waals surface area contributed by atoms with E-state index in [-0.39, 0.29) is 4.90 Å². The van der Waals surface area contributed by atoms with Gasteiger partial charge in [-0.15, -0.1) is 4.83 Å². The highest BCUT2D eigenvalue weighted by Crippen LogP contribution is 2.26. The number of rotatable bonds is 4. The van der Waals surface area contributed by atoms with Crippen LogP contribution in [0, 0.1) is 6.92 Å². The summed E-state index contributed by atoms with van der Waals surface area (Å²) in [7, 11) is -0.245. The fourth-order valence-electron chi connectivity index (χ4n) is 1.99. The lowest BCUT2D eigenvalue weighted by Gasteiger charge is -2.14. The van der Waals surface area contributed by atoms with Crippen LogP contribution in [0.2, 0.25) is 0 Å². The van der Waals surface area contributed by atoms with Gasteiger partial charge in [-0.2, -0.15) is 0 Å². The zero-order valence-electron chi connectivity index (χ0n) is 11.8. The van der Waals surface area contributed by atoms with Gasteiger partial charge < -0.3 is 0 Å². The van der Waals surface area contributed by atoms with Crippen LogP contribution in [0.1, 0.15) is 5.56 Å². The monoisotopic (exact) mass is 290 g/mol. The predicted octanol–water partition coefficient (Wildman–Crippen LogP) is 2.42. The van der Waals surface area contributed by atoms with Crippen molar-refractivity contribution in [2.45, 2.75) is 11.8 Å². The maximum Gasteiger partial charge on any atom is 0.253 e. The van der Waals surface area contributed by atoms with E-state index in [1.165, 1.54) is 5.01 Å². The number of hydrogen-bond acceptors (Lipinski definition) is 3. The second kappa shape index (κ2) is 5.75. The first kappa shape index (κ1) is 14.7. The topological polar surface area (TPSA) is 49.4 Å². The van der Waals surface area contributed by atoms with E-state index in [1.54, 1.807) is 26.2 Å². The van der Waals surface area contributed by atoms with Crippen molar-refractivity contribution < 1.29 is 8.42 Å². The second-order valence-electron chi connectivity index (χ2n) is 4.83. The molecule has 0 bridgehead atoms. The zero-order chi connectivity index (χ0) is 14.8. The van der Waals surface area contributed by atoms with Gasteiger partial charge in [-0.1, -0.05) is 36.4 Å². The molecule has 0 radical (unpaired) electrons. The van der Waals surface area contributed by atoms with Crippen molar-refractivity contribution in [3.8, 4) is 11.1 Å². The molecule has 0 fully saturated rings. The molecule has 106 valence electrons. The van der Waals surface area contributed by atoms with Crippen molar-refractivity contribution in [2.75, 3.05) is 14.1 Å². The normalized spacial score (nSPS) is 11.8. The summed E-state index contributed by atoms with van der Waals surface area (Å²) in [4.78, 5) is 2.70. The molecule has 2 aromatic carbocycles. The first-order chi connectivity index (χ1) is 9.40. The van der Waals surface area contributed by atoms with E-state index < -0.39 is 10.0 Å². The standard InChI is InChI=1S/C15H18N2O2S/c1-12-9-10-14(20(18,19)16-17(2)3)11-15(12)13-7-5-4-6-8-13/h4-11,16H,1-3H3. The SMILES string of the molecule is Cc1ccc(S(=O)(=O)NN(C)C)cc1-c1ccccc1. The Kier molecular flexibility index (Phi) is 4.23. The number of benzene rings is 2. The van der Waals surface area contributed by atoms with Gasteiger partial charge in [0.2, 0.25) is 0 Å². The summed E-state index contributed by atoms with van der Waals surface area (Å²) in [5.74, 6) is 0. The molecule has 0 heterocycles. The quantitative estimate of drug-likeness (QED) is 0.880. The zero-order valence-corrected chi connectivity index (χ0v) is 12.6. The minimum atomic E-state index is -3.53. The van der Waals surface area contributed by atoms with Crippen molar-refractivity contribution in [2.24, 2.45) is 0 Å². The summed E-state index contributed by atoms with van der Waals surface area (Å²) in [5, 5.41) is 1.41. The summed E-state index contributed by atoms with van der Waals surface area (Å²) in [5.41, 5.74) is 2.97. The summed E-state index contributed by atoms with van der Waals surface area (Å²) in [6.07, 6.45) is 0. The molecule has 0 aliphatic heterocycles.